The van der Waals surface area contributed by atoms with E-state index >= 15 is 0 Å². The van der Waals surface area contributed by atoms with Crippen LogP contribution >= 0.6 is 0 Å². The maximum Gasteiger partial charge on any atom is 0.416 e. The van der Waals surface area contributed by atoms with Gasteiger partial charge in [-0.25, -0.2) is 4.79 Å². The maximum absolute atomic E-state index is 12.6. The fourth-order valence-corrected chi connectivity index (χ4v) is 1.93. The summed E-state index contributed by atoms with van der Waals surface area (Å²) in [6.45, 7) is 0.223. The molecule has 19 heavy (non-hydrogen) atoms. The van der Waals surface area contributed by atoms with E-state index in [1.807, 2.05) is 0 Å². The summed E-state index contributed by atoms with van der Waals surface area (Å²) in [5.74, 6) is 0.0991. The Bertz CT molecular complexity index is 488. The van der Waals surface area contributed by atoms with Crippen molar-refractivity contribution in [1.29, 1.82) is 0 Å². The summed E-state index contributed by atoms with van der Waals surface area (Å²) in [5.41, 5.74) is -0.279. The van der Waals surface area contributed by atoms with Crippen LogP contribution in [0.1, 0.15) is 23.6 Å². The molecule has 104 valence electrons. The molecule has 1 aliphatic rings. The molecule has 1 saturated heterocycles. The van der Waals surface area contributed by atoms with Gasteiger partial charge in [0.15, 0.2) is 0 Å². The standard InChI is InChI=1S/C12H12F3NO3/c1-18-10-6-7(12(13,14)15)2-3-8(10)9-4-5-19-11(17)16-9/h2-3,6,9H,4-5H2,1H3,(H,16,17)/t9-/m1/s1. The van der Waals surface area contributed by atoms with Gasteiger partial charge in [0.1, 0.15) is 5.75 Å². The zero-order chi connectivity index (χ0) is 14.0. The molecule has 1 atom stereocenters. The SMILES string of the molecule is COc1cc(C(F)(F)F)ccc1[C@H]1CCOC(=O)N1. The van der Waals surface area contributed by atoms with Gasteiger partial charge in [0.05, 0.1) is 25.3 Å². The minimum absolute atomic E-state index is 0.0991. The van der Waals surface area contributed by atoms with Crippen LogP contribution in [0.3, 0.4) is 0 Å². The molecule has 0 radical (unpaired) electrons. The lowest BCUT2D eigenvalue weighted by atomic mass is 10.00. The van der Waals surface area contributed by atoms with Crippen LogP contribution in [0.2, 0.25) is 0 Å². The van der Waals surface area contributed by atoms with E-state index in [-0.39, 0.29) is 12.4 Å². The number of rotatable bonds is 2. The van der Waals surface area contributed by atoms with Crippen molar-refractivity contribution < 1.29 is 27.4 Å². The molecular formula is C12H12F3NO3. The Balaban J connectivity index is 2.33. The first-order valence-electron chi connectivity index (χ1n) is 5.60. The van der Waals surface area contributed by atoms with Gasteiger partial charge in [0, 0.05) is 12.0 Å². The molecule has 0 aliphatic carbocycles. The monoisotopic (exact) mass is 275 g/mol. The average molecular weight is 275 g/mol. The number of hydrogen-bond donors (Lipinski definition) is 1. The molecule has 1 aromatic carbocycles. The molecule has 1 heterocycles. The topological polar surface area (TPSA) is 47.6 Å². The normalized spacial score (nSPS) is 19.6. The molecule has 1 N–H and O–H groups in total. The fraction of sp³-hybridized carbons (Fsp3) is 0.417. The van der Waals surface area contributed by atoms with Gasteiger partial charge in [-0.15, -0.1) is 0 Å². The molecule has 1 aromatic rings. The van der Waals surface area contributed by atoms with Crippen LogP contribution in [-0.4, -0.2) is 19.8 Å². The number of hydrogen-bond acceptors (Lipinski definition) is 3. The predicted octanol–water partition coefficient (Wildman–Crippen LogP) is 2.89. The van der Waals surface area contributed by atoms with E-state index in [4.69, 9.17) is 9.47 Å². The van der Waals surface area contributed by atoms with Crippen LogP contribution in [0.5, 0.6) is 5.75 Å². The van der Waals surface area contributed by atoms with Gasteiger partial charge in [-0.3, -0.25) is 0 Å². The van der Waals surface area contributed by atoms with E-state index in [2.05, 4.69) is 5.32 Å². The number of methoxy groups -OCH3 is 1. The summed E-state index contributed by atoms with van der Waals surface area (Å²) in [6.07, 6.45) is -4.53. The summed E-state index contributed by atoms with van der Waals surface area (Å²) in [6, 6.07) is 2.81. The highest BCUT2D eigenvalue weighted by Crippen LogP contribution is 2.36. The molecule has 1 aliphatic heterocycles. The molecule has 0 aromatic heterocycles. The highest BCUT2D eigenvalue weighted by Gasteiger charge is 2.32. The lowest BCUT2D eigenvalue weighted by Crippen LogP contribution is -2.35. The Kier molecular flexibility index (Phi) is 3.55. The van der Waals surface area contributed by atoms with Crippen LogP contribution in [0.15, 0.2) is 18.2 Å². The molecular weight excluding hydrogens is 263 g/mol. The first kappa shape index (κ1) is 13.5. The number of amides is 1. The molecule has 0 spiro atoms. The van der Waals surface area contributed by atoms with Crippen LogP contribution in [-0.2, 0) is 10.9 Å². The Morgan fingerprint density at radius 2 is 2.16 bits per heavy atom. The second kappa shape index (κ2) is 4.99. The van der Waals surface area contributed by atoms with E-state index in [9.17, 15) is 18.0 Å². The summed E-state index contributed by atoms with van der Waals surface area (Å²) < 4.78 is 47.5. The van der Waals surface area contributed by atoms with Gasteiger partial charge in [-0.2, -0.15) is 13.2 Å². The van der Waals surface area contributed by atoms with Crippen LogP contribution in [0.25, 0.3) is 0 Å². The summed E-state index contributed by atoms with van der Waals surface area (Å²) in [4.78, 5) is 11.1. The number of halogens is 3. The number of carbonyl (C=O) groups is 1. The first-order chi connectivity index (χ1) is 8.91. The molecule has 4 nitrogen and oxygen atoms in total. The van der Waals surface area contributed by atoms with Crippen molar-refractivity contribution in [2.75, 3.05) is 13.7 Å². The second-order valence-electron chi connectivity index (χ2n) is 4.08. The van der Waals surface area contributed by atoms with E-state index < -0.39 is 23.9 Å². The predicted molar refractivity (Wildman–Crippen MR) is 59.8 cm³/mol. The highest BCUT2D eigenvalue weighted by molar-refractivity contribution is 5.69. The maximum atomic E-state index is 12.6. The Morgan fingerprint density at radius 1 is 1.42 bits per heavy atom. The third kappa shape index (κ3) is 2.91. The third-order valence-electron chi connectivity index (χ3n) is 2.87. The number of ether oxygens (including phenoxy) is 2. The number of benzene rings is 1. The van der Waals surface area contributed by atoms with Gasteiger partial charge >= 0.3 is 12.3 Å². The van der Waals surface area contributed by atoms with E-state index in [0.717, 1.165) is 12.1 Å². The average Bonchev–Trinajstić information content (AvgIpc) is 2.37. The summed E-state index contributed by atoms with van der Waals surface area (Å²) in [7, 11) is 1.29. The van der Waals surface area contributed by atoms with Crippen molar-refractivity contribution in [3.63, 3.8) is 0 Å². The lowest BCUT2D eigenvalue weighted by Gasteiger charge is -2.25. The van der Waals surface area contributed by atoms with Crippen molar-refractivity contribution >= 4 is 6.09 Å². The minimum atomic E-state index is -4.43. The van der Waals surface area contributed by atoms with E-state index in [1.54, 1.807) is 0 Å². The van der Waals surface area contributed by atoms with E-state index in [0.29, 0.717) is 12.0 Å². The Labute approximate surface area is 107 Å². The molecule has 7 heteroatoms. The number of nitrogens with one attached hydrogen (secondary N) is 1. The number of alkyl halides is 3. The van der Waals surface area contributed by atoms with Gasteiger partial charge in [-0.1, -0.05) is 6.07 Å². The minimum Gasteiger partial charge on any atom is -0.496 e. The van der Waals surface area contributed by atoms with Gasteiger partial charge in [0.25, 0.3) is 0 Å². The van der Waals surface area contributed by atoms with Crippen molar-refractivity contribution in [3.8, 4) is 5.75 Å². The Morgan fingerprint density at radius 3 is 2.74 bits per heavy atom. The highest BCUT2D eigenvalue weighted by atomic mass is 19.4. The molecule has 0 bridgehead atoms. The van der Waals surface area contributed by atoms with Crippen LogP contribution < -0.4 is 10.1 Å². The lowest BCUT2D eigenvalue weighted by molar-refractivity contribution is -0.137. The zero-order valence-corrected chi connectivity index (χ0v) is 10.1. The zero-order valence-electron chi connectivity index (χ0n) is 10.1. The number of carbonyl (C=O) groups excluding carboxylic acids is 1. The van der Waals surface area contributed by atoms with Crippen molar-refractivity contribution in [2.45, 2.75) is 18.6 Å². The van der Waals surface area contributed by atoms with Gasteiger partial charge < -0.3 is 14.8 Å². The third-order valence-corrected chi connectivity index (χ3v) is 2.87. The summed E-state index contributed by atoms with van der Waals surface area (Å²) >= 11 is 0. The summed E-state index contributed by atoms with van der Waals surface area (Å²) in [5, 5.41) is 2.54. The first-order valence-corrected chi connectivity index (χ1v) is 5.60. The molecule has 1 amide bonds. The molecule has 0 saturated carbocycles. The van der Waals surface area contributed by atoms with Crippen molar-refractivity contribution in [3.05, 3.63) is 29.3 Å². The second-order valence-corrected chi connectivity index (χ2v) is 4.08. The smallest absolute Gasteiger partial charge is 0.416 e. The van der Waals surface area contributed by atoms with Gasteiger partial charge in [0.2, 0.25) is 0 Å². The largest absolute Gasteiger partial charge is 0.496 e. The van der Waals surface area contributed by atoms with Crippen molar-refractivity contribution in [2.24, 2.45) is 0 Å². The molecule has 0 unspecified atom stereocenters. The number of cyclic esters (lactones) is 1. The van der Waals surface area contributed by atoms with Crippen LogP contribution in [0, 0.1) is 0 Å². The molecule has 2 rings (SSSR count). The van der Waals surface area contributed by atoms with Gasteiger partial charge in [-0.05, 0) is 12.1 Å². The van der Waals surface area contributed by atoms with Crippen LogP contribution in [0.4, 0.5) is 18.0 Å². The fourth-order valence-electron chi connectivity index (χ4n) is 1.93. The quantitative estimate of drug-likeness (QED) is 0.902. The van der Waals surface area contributed by atoms with Crippen molar-refractivity contribution in [1.82, 2.24) is 5.32 Å². The number of alkyl carbamates (subject to hydrolysis) is 1. The molecule has 1 fully saturated rings. The Hall–Kier alpha value is -1.92. The van der Waals surface area contributed by atoms with E-state index in [1.165, 1.54) is 13.2 Å².